The molecule has 0 aliphatic carbocycles. The molecular weight excluding hydrogens is 198 g/mol. The van der Waals surface area contributed by atoms with Crippen LogP contribution in [0, 0.1) is 0 Å². The van der Waals surface area contributed by atoms with Crippen molar-refractivity contribution in [1.82, 2.24) is 0 Å². The molecule has 0 heterocycles. The Hall–Kier alpha value is -1.07. The van der Waals surface area contributed by atoms with Crippen LogP contribution in [0.1, 0.15) is 20.8 Å². The standard InChI is InChI=1S/C10H19NO4/c1-7(11)4-10(13)14-6-9(3)15-8(2)5-12/h4,8-9,12H,5-6,11H2,1-3H3/b7-4-. The molecule has 0 fully saturated rings. The van der Waals surface area contributed by atoms with E-state index in [4.69, 9.17) is 20.3 Å². The fourth-order valence-corrected chi connectivity index (χ4v) is 0.906. The van der Waals surface area contributed by atoms with Crippen molar-refractivity contribution in [3.63, 3.8) is 0 Å². The van der Waals surface area contributed by atoms with Gasteiger partial charge in [-0.05, 0) is 20.8 Å². The Morgan fingerprint density at radius 2 is 2.07 bits per heavy atom. The second kappa shape index (κ2) is 7.25. The molecule has 0 radical (unpaired) electrons. The summed E-state index contributed by atoms with van der Waals surface area (Å²) in [6.45, 7) is 5.20. The third-order valence-electron chi connectivity index (χ3n) is 1.53. The number of ether oxygens (including phenoxy) is 2. The Morgan fingerprint density at radius 3 is 2.53 bits per heavy atom. The summed E-state index contributed by atoms with van der Waals surface area (Å²) in [7, 11) is 0. The molecule has 0 spiro atoms. The van der Waals surface area contributed by atoms with Crippen molar-refractivity contribution in [3.05, 3.63) is 11.8 Å². The summed E-state index contributed by atoms with van der Waals surface area (Å²) in [6, 6.07) is 0. The summed E-state index contributed by atoms with van der Waals surface area (Å²) in [5.74, 6) is -0.484. The molecule has 0 aromatic rings. The predicted octanol–water partition coefficient (Wildman–Crippen LogP) is 0.178. The lowest BCUT2D eigenvalue weighted by Crippen LogP contribution is -2.25. The van der Waals surface area contributed by atoms with Crippen LogP contribution in [-0.4, -0.2) is 36.5 Å². The van der Waals surface area contributed by atoms with Crippen molar-refractivity contribution in [2.75, 3.05) is 13.2 Å². The summed E-state index contributed by atoms with van der Waals surface area (Å²) in [5, 5.41) is 8.72. The lowest BCUT2D eigenvalue weighted by Gasteiger charge is -2.16. The number of allylic oxidation sites excluding steroid dienone is 1. The molecule has 88 valence electrons. The van der Waals surface area contributed by atoms with Gasteiger partial charge in [0.05, 0.1) is 18.8 Å². The van der Waals surface area contributed by atoms with E-state index in [1.807, 2.05) is 0 Å². The minimum Gasteiger partial charge on any atom is -0.460 e. The number of hydrogen-bond donors (Lipinski definition) is 2. The van der Waals surface area contributed by atoms with Gasteiger partial charge in [0.25, 0.3) is 0 Å². The molecule has 0 aromatic carbocycles. The summed E-state index contributed by atoms with van der Waals surface area (Å²) < 4.78 is 10.1. The fourth-order valence-electron chi connectivity index (χ4n) is 0.906. The van der Waals surface area contributed by atoms with E-state index in [0.29, 0.717) is 5.70 Å². The van der Waals surface area contributed by atoms with Crippen molar-refractivity contribution in [2.45, 2.75) is 33.0 Å². The summed E-state index contributed by atoms with van der Waals surface area (Å²) in [6.07, 6.45) is 0.704. The quantitative estimate of drug-likeness (QED) is 0.490. The smallest absolute Gasteiger partial charge is 0.332 e. The molecule has 0 amide bonds. The van der Waals surface area contributed by atoms with Crippen LogP contribution in [-0.2, 0) is 14.3 Å². The average molecular weight is 217 g/mol. The number of carbonyl (C=O) groups excluding carboxylic acids is 1. The highest BCUT2D eigenvalue weighted by atomic mass is 16.6. The minimum absolute atomic E-state index is 0.0555. The first-order valence-electron chi connectivity index (χ1n) is 4.82. The summed E-state index contributed by atoms with van der Waals surface area (Å²) in [4.78, 5) is 11.0. The topological polar surface area (TPSA) is 81.8 Å². The molecule has 0 saturated carbocycles. The molecule has 0 aliphatic heterocycles. The van der Waals surface area contributed by atoms with E-state index < -0.39 is 5.97 Å². The van der Waals surface area contributed by atoms with Gasteiger partial charge in [-0.2, -0.15) is 0 Å². The highest BCUT2D eigenvalue weighted by molar-refractivity contribution is 5.82. The zero-order valence-electron chi connectivity index (χ0n) is 9.40. The maximum Gasteiger partial charge on any atom is 0.332 e. The second-order valence-electron chi connectivity index (χ2n) is 3.46. The molecule has 0 bridgehead atoms. The van der Waals surface area contributed by atoms with Crippen molar-refractivity contribution in [3.8, 4) is 0 Å². The molecule has 5 nitrogen and oxygen atoms in total. The molecule has 5 heteroatoms. The van der Waals surface area contributed by atoms with Gasteiger partial charge in [-0.15, -0.1) is 0 Å². The molecule has 0 saturated heterocycles. The van der Waals surface area contributed by atoms with Gasteiger partial charge in [0.2, 0.25) is 0 Å². The van der Waals surface area contributed by atoms with Gasteiger partial charge < -0.3 is 20.3 Å². The zero-order valence-corrected chi connectivity index (χ0v) is 9.40. The molecule has 3 N–H and O–H groups in total. The maximum absolute atomic E-state index is 11.0. The first-order valence-corrected chi connectivity index (χ1v) is 4.82. The Kier molecular flexibility index (Phi) is 6.73. The molecular formula is C10H19NO4. The summed E-state index contributed by atoms with van der Waals surface area (Å²) in [5.41, 5.74) is 5.70. The van der Waals surface area contributed by atoms with Crippen molar-refractivity contribution < 1.29 is 19.4 Å². The maximum atomic E-state index is 11.0. The van der Waals surface area contributed by atoms with E-state index in [1.165, 1.54) is 6.08 Å². The monoisotopic (exact) mass is 217 g/mol. The van der Waals surface area contributed by atoms with Crippen LogP contribution >= 0.6 is 0 Å². The van der Waals surface area contributed by atoms with Crippen molar-refractivity contribution >= 4 is 5.97 Å². The van der Waals surface area contributed by atoms with Crippen LogP contribution in [0.25, 0.3) is 0 Å². The number of esters is 1. The Morgan fingerprint density at radius 1 is 1.47 bits per heavy atom. The van der Waals surface area contributed by atoms with Crippen LogP contribution in [0.4, 0.5) is 0 Å². The van der Waals surface area contributed by atoms with Gasteiger partial charge in [-0.25, -0.2) is 4.79 Å². The van der Waals surface area contributed by atoms with E-state index in [2.05, 4.69) is 0 Å². The first kappa shape index (κ1) is 13.9. The van der Waals surface area contributed by atoms with Gasteiger partial charge in [0.15, 0.2) is 0 Å². The fraction of sp³-hybridized carbons (Fsp3) is 0.700. The number of aliphatic hydroxyl groups is 1. The van der Waals surface area contributed by atoms with Crippen LogP contribution in [0.2, 0.25) is 0 Å². The van der Waals surface area contributed by atoms with Gasteiger partial charge in [0.1, 0.15) is 6.61 Å². The summed E-state index contributed by atoms with van der Waals surface area (Å²) >= 11 is 0. The van der Waals surface area contributed by atoms with Crippen molar-refractivity contribution in [1.29, 1.82) is 0 Å². The number of carbonyl (C=O) groups is 1. The van der Waals surface area contributed by atoms with Crippen LogP contribution in [0.3, 0.4) is 0 Å². The van der Waals surface area contributed by atoms with E-state index >= 15 is 0 Å². The lowest BCUT2D eigenvalue weighted by atomic mass is 10.4. The number of nitrogens with two attached hydrogens (primary N) is 1. The van der Waals surface area contributed by atoms with E-state index in [-0.39, 0.29) is 25.4 Å². The second-order valence-corrected chi connectivity index (χ2v) is 3.46. The number of aliphatic hydroxyl groups excluding tert-OH is 1. The van der Waals surface area contributed by atoms with E-state index in [0.717, 1.165) is 0 Å². The van der Waals surface area contributed by atoms with E-state index in [9.17, 15) is 4.79 Å². The minimum atomic E-state index is -0.484. The largest absolute Gasteiger partial charge is 0.460 e. The third-order valence-corrected chi connectivity index (χ3v) is 1.53. The first-order chi connectivity index (χ1) is 6.95. The molecule has 0 rings (SSSR count). The van der Waals surface area contributed by atoms with Crippen LogP contribution < -0.4 is 5.73 Å². The Labute approximate surface area is 89.9 Å². The average Bonchev–Trinajstić information content (AvgIpc) is 2.13. The SMILES string of the molecule is C/C(N)=C/C(=O)OCC(C)OC(C)CO. The molecule has 0 aliphatic rings. The lowest BCUT2D eigenvalue weighted by molar-refractivity contribution is -0.143. The molecule has 2 atom stereocenters. The highest BCUT2D eigenvalue weighted by Crippen LogP contribution is 1.98. The number of rotatable bonds is 6. The number of hydrogen-bond acceptors (Lipinski definition) is 5. The molecule has 2 unspecified atom stereocenters. The Bertz CT molecular complexity index is 223. The van der Waals surface area contributed by atoms with Gasteiger partial charge in [-0.3, -0.25) is 0 Å². The van der Waals surface area contributed by atoms with Crippen LogP contribution in [0.15, 0.2) is 11.8 Å². The normalized spacial score (nSPS) is 15.9. The zero-order chi connectivity index (χ0) is 11.8. The molecule has 15 heavy (non-hydrogen) atoms. The van der Waals surface area contributed by atoms with Gasteiger partial charge >= 0.3 is 5.97 Å². The van der Waals surface area contributed by atoms with Gasteiger partial charge in [0, 0.05) is 11.8 Å². The van der Waals surface area contributed by atoms with Gasteiger partial charge in [-0.1, -0.05) is 0 Å². The third kappa shape index (κ3) is 7.96. The predicted molar refractivity (Wildman–Crippen MR) is 56.0 cm³/mol. The molecule has 0 aromatic heterocycles. The van der Waals surface area contributed by atoms with E-state index in [1.54, 1.807) is 20.8 Å². The van der Waals surface area contributed by atoms with Crippen LogP contribution in [0.5, 0.6) is 0 Å². The van der Waals surface area contributed by atoms with Crippen molar-refractivity contribution in [2.24, 2.45) is 5.73 Å². The Balaban J connectivity index is 3.76. The highest BCUT2D eigenvalue weighted by Gasteiger charge is 2.09.